The summed E-state index contributed by atoms with van der Waals surface area (Å²) < 4.78 is 4.02. The van der Waals surface area contributed by atoms with Crippen LogP contribution < -0.4 is 0 Å². The lowest BCUT2D eigenvalue weighted by Crippen LogP contribution is -2.27. The van der Waals surface area contributed by atoms with Crippen LogP contribution in [0.2, 0.25) is 0 Å². The van der Waals surface area contributed by atoms with Crippen molar-refractivity contribution < 1.29 is 4.79 Å². The van der Waals surface area contributed by atoms with Gasteiger partial charge in [0.15, 0.2) is 12.1 Å². The first-order chi connectivity index (χ1) is 11.2. The van der Waals surface area contributed by atoms with Gasteiger partial charge in [-0.05, 0) is 26.0 Å². The van der Waals surface area contributed by atoms with E-state index in [1.807, 2.05) is 22.4 Å². The summed E-state index contributed by atoms with van der Waals surface area (Å²) in [6.45, 7) is 2.93. The van der Waals surface area contributed by atoms with Gasteiger partial charge in [-0.25, -0.2) is 9.67 Å². The lowest BCUT2D eigenvalue weighted by molar-refractivity contribution is 0.111. The Morgan fingerprint density at radius 2 is 1.91 bits per heavy atom. The molecular weight excluding hydrogens is 290 g/mol. The molecule has 0 unspecified atom stereocenters. The van der Waals surface area contributed by atoms with Crippen molar-refractivity contribution in [3.63, 3.8) is 0 Å². The van der Waals surface area contributed by atoms with Gasteiger partial charge in [0, 0.05) is 49.9 Å². The molecule has 4 heterocycles. The van der Waals surface area contributed by atoms with E-state index in [0.29, 0.717) is 0 Å². The third kappa shape index (κ3) is 2.25. The molecule has 2 aromatic rings. The molecule has 2 aliphatic rings. The van der Waals surface area contributed by atoms with Crippen molar-refractivity contribution in [1.82, 2.24) is 24.2 Å². The Hall–Kier alpha value is -2.21. The Kier molecular flexibility index (Phi) is 3.41. The molecule has 0 aromatic carbocycles. The molecule has 0 bridgehead atoms. The van der Waals surface area contributed by atoms with Crippen LogP contribution >= 0.6 is 0 Å². The number of carbonyl (C=O) groups is 1. The Morgan fingerprint density at radius 1 is 1.13 bits per heavy atom. The SMILES string of the molecule is CN1CCC(=C2c3cc(C=O)n(C)c3CCn3ncnc32)CC1. The molecule has 23 heavy (non-hydrogen) atoms. The van der Waals surface area contributed by atoms with Crippen molar-refractivity contribution in [2.24, 2.45) is 7.05 Å². The van der Waals surface area contributed by atoms with Gasteiger partial charge in [-0.1, -0.05) is 5.57 Å². The highest BCUT2D eigenvalue weighted by atomic mass is 16.1. The highest BCUT2D eigenvalue weighted by molar-refractivity contribution is 5.85. The second-order valence-electron chi connectivity index (χ2n) is 6.45. The Bertz CT molecular complexity index is 788. The van der Waals surface area contributed by atoms with Crippen LogP contribution in [0.1, 0.15) is 40.4 Å². The molecule has 0 amide bonds. The summed E-state index contributed by atoms with van der Waals surface area (Å²) in [7, 11) is 4.14. The number of aldehydes is 1. The zero-order chi connectivity index (χ0) is 16.0. The number of fused-ring (bicyclic) bond motifs is 2. The van der Waals surface area contributed by atoms with Crippen molar-refractivity contribution in [1.29, 1.82) is 0 Å². The molecule has 0 radical (unpaired) electrons. The van der Waals surface area contributed by atoms with E-state index in [4.69, 9.17) is 0 Å². The molecule has 0 saturated carbocycles. The molecule has 2 aromatic heterocycles. The molecule has 120 valence electrons. The van der Waals surface area contributed by atoms with Gasteiger partial charge in [0.2, 0.25) is 0 Å². The smallest absolute Gasteiger partial charge is 0.166 e. The quantitative estimate of drug-likeness (QED) is 0.749. The van der Waals surface area contributed by atoms with E-state index in [9.17, 15) is 4.79 Å². The largest absolute Gasteiger partial charge is 0.345 e. The summed E-state index contributed by atoms with van der Waals surface area (Å²) in [5, 5.41) is 4.39. The van der Waals surface area contributed by atoms with Crippen LogP contribution in [0.5, 0.6) is 0 Å². The van der Waals surface area contributed by atoms with Gasteiger partial charge in [-0.2, -0.15) is 5.10 Å². The number of likely N-dealkylation sites (tertiary alicyclic amines) is 1. The first-order valence-electron chi connectivity index (χ1n) is 8.12. The molecular formula is C17H21N5O. The molecule has 0 spiro atoms. The zero-order valence-corrected chi connectivity index (χ0v) is 13.6. The van der Waals surface area contributed by atoms with Crippen molar-refractivity contribution in [3.05, 3.63) is 40.7 Å². The van der Waals surface area contributed by atoms with E-state index in [-0.39, 0.29) is 0 Å². The van der Waals surface area contributed by atoms with Crippen molar-refractivity contribution in [2.75, 3.05) is 20.1 Å². The minimum atomic E-state index is 0.731. The number of piperidine rings is 1. The second-order valence-corrected chi connectivity index (χ2v) is 6.45. The van der Waals surface area contributed by atoms with Crippen LogP contribution in [0.15, 0.2) is 18.0 Å². The van der Waals surface area contributed by atoms with Gasteiger partial charge in [0.05, 0.1) is 5.69 Å². The molecule has 0 aliphatic carbocycles. The molecule has 4 rings (SSSR count). The lowest BCUT2D eigenvalue weighted by Gasteiger charge is -2.26. The maximum atomic E-state index is 11.4. The fourth-order valence-corrected chi connectivity index (χ4v) is 3.74. The molecule has 0 N–H and O–H groups in total. The second kappa shape index (κ2) is 5.45. The predicted molar refractivity (Wildman–Crippen MR) is 87.3 cm³/mol. The van der Waals surface area contributed by atoms with Gasteiger partial charge < -0.3 is 9.47 Å². The Balaban J connectivity index is 1.94. The van der Waals surface area contributed by atoms with E-state index in [1.165, 1.54) is 22.4 Å². The molecule has 0 atom stereocenters. The minimum Gasteiger partial charge on any atom is -0.345 e. The summed E-state index contributed by atoms with van der Waals surface area (Å²) in [5.74, 6) is 0.950. The topological polar surface area (TPSA) is 56.0 Å². The van der Waals surface area contributed by atoms with E-state index in [2.05, 4.69) is 22.0 Å². The van der Waals surface area contributed by atoms with Crippen LogP contribution in [0, 0.1) is 0 Å². The number of nitrogens with zero attached hydrogens (tertiary/aromatic N) is 5. The number of carbonyl (C=O) groups excluding carboxylic acids is 1. The summed E-state index contributed by atoms with van der Waals surface area (Å²) in [6.07, 6.45) is 5.54. The van der Waals surface area contributed by atoms with Gasteiger partial charge in [-0.3, -0.25) is 4.79 Å². The van der Waals surface area contributed by atoms with Crippen LogP contribution in [0.4, 0.5) is 0 Å². The summed E-state index contributed by atoms with van der Waals surface area (Å²) in [4.78, 5) is 18.3. The van der Waals surface area contributed by atoms with Crippen LogP contribution in [0.3, 0.4) is 0 Å². The first kappa shape index (κ1) is 14.4. The summed E-state index contributed by atoms with van der Waals surface area (Å²) >= 11 is 0. The fourth-order valence-electron chi connectivity index (χ4n) is 3.74. The predicted octanol–water partition coefficient (Wildman–Crippen LogP) is 1.51. The molecule has 1 fully saturated rings. The van der Waals surface area contributed by atoms with Gasteiger partial charge in [0.1, 0.15) is 6.33 Å². The number of rotatable bonds is 1. The molecule has 1 saturated heterocycles. The molecule has 6 heteroatoms. The monoisotopic (exact) mass is 311 g/mol. The maximum Gasteiger partial charge on any atom is 0.166 e. The third-order valence-corrected chi connectivity index (χ3v) is 5.13. The van der Waals surface area contributed by atoms with Crippen LogP contribution in [-0.4, -0.2) is 50.7 Å². The van der Waals surface area contributed by atoms with Gasteiger partial charge in [0.25, 0.3) is 0 Å². The van der Waals surface area contributed by atoms with Gasteiger partial charge >= 0.3 is 0 Å². The van der Waals surface area contributed by atoms with Crippen LogP contribution in [0.25, 0.3) is 5.57 Å². The Morgan fingerprint density at radius 3 is 2.65 bits per heavy atom. The standard InChI is InChI=1S/C17H21N5O/c1-20-6-3-12(4-7-20)16-14-9-13(10-23)21(2)15(14)5-8-22-17(16)18-11-19-22/h9-11H,3-8H2,1-2H3. The average molecular weight is 311 g/mol. The van der Waals surface area contributed by atoms with Crippen molar-refractivity contribution in [2.45, 2.75) is 25.8 Å². The minimum absolute atomic E-state index is 0.731. The number of hydrogen-bond acceptors (Lipinski definition) is 4. The summed E-state index contributed by atoms with van der Waals surface area (Å²) in [5.41, 5.74) is 5.74. The number of aromatic nitrogens is 4. The Labute approximate surface area is 135 Å². The maximum absolute atomic E-state index is 11.4. The highest BCUT2D eigenvalue weighted by Crippen LogP contribution is 2.36. The highest BCUT2D eigenvalue weighted by Gasteiger charge is 2.27. The van der Waals surface area contributed by atoms with E-state index in [0.717, 1.165) is 56.7 Å². The molecule has 2 aliphatic heterocycles. The van der Waals surface area contributed by atoms with E-state index >= 15 is 0 Å². The first-order valence-corrected chi connectivity index (χ1v) is 8.12. The number of hydrogen-bond donors (Lipinski definition) is 0. The van der Waals surface area contributed by atoms with Crippen molar-refractivity contribution in [3.8, 4) is 0 Å². The van der Waals surface area contributed by atoms with E-state index < -0.39 is 0 Å². The van der Waals surface area contributed by atoms with Crippen molar-refractivity contribution >= 4 is 11.9 Å². The third-order valence-electron chi connectivity index (χ3n) is 5.13. The van der Waals surface area contributed by atoms with Crippen LogP contribution in [-0.2, 0) is 20.0 Å². The summed E-state index contributed by atoms with van der Waals surface area (Å²) in [6, 6.07) is 2.02. The average Bonchev–Trinajstić information content (AvgIpc) is 3.09. The van der Waals surface area contributed by atoms with Gasteiger partial charge in [-0.15, -0.1) is 0 Å². The normalized spacial score (nSPS) is 18.5. The van der Waals surface area contributed by atoms with E-state index in [1.54, 1.807) is 6.33 Å². The zero-order valence-electron chi connectivity index (χ0n) is 13.6. The fraction of sp³-hybridized carbons (Fsp3) is 0.471. The molecule has 6 nitrogen and oxygen atoms in total. The number of aryl methyl sites for hydroxylation is 1. The lowest BCUT2D eigenvalue weighted by atomic mass is 9.92.